The Morgan fingerprint density at radius 3 is 2.12 bits per heavy atom. The maximum Gasteiger partial charge on any atom is 0.471 e. The number of rotatable bonds is 4. The van der Waals surface area contributed by atoms with Crippen LogP contribution >= 0.6 is 0 Å². The van der Waals surface area contributed by atoms with Gasteiger partial charge in [-0.15, -0.1) is 0 Å². The maximum absolute atomic E-state index is 13.1. The Morgan fingerprint density at radius 2 is 1.52 bits per heavy atom. The first-order valence-electron chi connectivity index (χ1n) is 9.92. The number of nitrogens with one attached hydrogen (secondary N) is 2. The van der Waals surface area contributed by atoms with Crippen LogP contribution in [0.4, 0.5) is 18.9 Å². The van der Waals surface area contributed by atoms with Crippen molar-refractivity contribution in [3.05, 3.63) is 89.5 Å². The van der Waals surface area contributed by atoms with Gasteiger partial charge >= 0.3 is 12.1 Å². The third-order valence-corrected chi connectivity index (χ3v) is 5.07. The predicted octanol–water partition coefficient (Wildman–Crippen LogP) is 4.97. The molecule has 0 unspecified atom stereocenters. The average Bonchev–Trinajstić information content (AvgIpc) is 2.80. The molecular formula is C24H18F3N3O3. The summed E-state index contributed by atoms with van der Waals surface area (Å²) in [6, 6.07) is 20.2. The highest BCUT2D eigenvalue weighted by Gasteiger charge is 2.38. The third kappa shape index (κ3) is 4.72. The predicted molar refractivity (Wildman–Crippen MR) is 116 cm³/mol. The van der Waals surface area contributed by atoms with Crippen LogP contribution in [0, 0.1) is 0 Å². The fourth-order valence-corrected chi connectivity index (χ4v) is 3.48. The number of amides is 2. The average molecular weight is 453 g/mol. The minimum atomic E-state index is -5.00. The Hall–Kier alpha value is -4.14. The number of fused-ring (bicyclic) bond motifs is 2. The quantitative estimate of drug-likeness (QED) is 0.433. The van der Waals surface area contributed by atoms with E-state index in [2.05, 4.69) is 10.5 Å². The third-order valence-electron chi connectivity index (χ3n) is 5.07. The summed E-state index contributed by atoms with van der Waals surface area (Å²) in [5, 5.41) is 5.92. The summed E-state index contributed by atoms with van der Waals surface area (Å²) in [7, 11) is 0. The van der Waals surface area contributed by atoms with E-state index >= 15 is 0 Å². The maximum atomic E-state index is 13.1. The molecule has 0 saturated heterocycles. The molecule has 168 valence electrons. The molecule has 0 aliphatic carbocycles. The molecule has 2 N–H and O–H groups in total. The number of alkyl halides is 3. The Bertz CT molecular complexity index is 1210. The number of carbonyl (C=O) groups excluding carboxylic acids is 2. The molecule has 0 saturated carbocycles. The van der Waals surface area contributed by atoms with Gasteiger partial charge in [0.15, 0.2) is 0 Å². The molecule has 6 nitrogen and oxygen atoms in total. The van der Waals surface area contributed by atoms with E-state index in [4.69, 9.17) is 4.74 Å². The Labute approximate surface area is 187 Å². The Morgan fingerprint density at radius 1 is 0.909 bits per heavy atom. The van der Waals surface area contributed by atoms with Crippen molar-refractivity contribution >= 4 is 23.2 Å². The van der Waals surface area contributed by atoms with Crippen molar-refractivity contribution < 1.29 is 27.5 Å². The van der Waals surface area contributed by atoms with Gasteiger partial charge < -0.3 is 10.1 Å². The lowest BCUT2D eigenvalue weighted by Crippen LogP contribution is -2.30. The van der Waals surface area contributed by atoms with Crippen molar-refractivity contribution in [3.8, 4) is 11.5 Å². The van der Waals surface area contributed by atoms with E-state index < -0.39 is 18.0 Å². The van der Waals surface area contributed by atoms with Crippen LogP contribution in [-0.4, -0.2) is 23.7 Å². The van der Waals surface area contributed by atoms with Gasteiger partial charge in [0.25, 0.3) is 5.91 Å². The van der Waals surface area contributed by atoms with Crippen LogP contribution in [0.3, 0.4) is 0 Å². The van der Waals surface area contributed by atoms with E-state index in [1.54, 1.807) is 42.6 Å². The van der Waals surface area contributed by atoms with E-state index in [1.807, 2.05) is 24.3 Å². The molecule has 4 rings (SSSR count). The lowest BCUT2D eigenvalue weighted by molar-refractivity contribution is -0.167. The van der Waals surface area contributed by atoms with Crippen LogP contribution < -0.4 is 15.5 Å². The minimum Gasteiger partial charge on any atom is -0.457 e. The molecule has 1 heterocycles. The number of halogens is 3. The standard InChI is InChI=1S/C24H18F3N3O3/c1-14(15-7-6-8-16(13-15)28-23(32)24(25,26)27)29-30-22(31)21-17-9-2-4-11-19(17)33-20-12-5-3-10-18(20)21/h2-13,21H,1H3,(H,28,32)(H,30,31)/b29-14-. The van der Waals surface area contributed by atoms with Crippen LogP contribution in [-0.2, 0) is 9.59 Å². The highest BCUT2D eigenvalue weighted by molar-refractivity contribution is 6.02. The Balaban J connectivity index is 1.55. The van der Waals surface area contributed by atoms with Crippen LogP contribution in [0.1, 0.15) is 29.5 Å². The molecule has 0 atom stereocenters. The van der Waals surface area contributed by atoms with Crippen LogP contribution in [0.2, 0.25) is 0 Å². The number of hydrogen-bond acceptors (Lipinski definition) is 4. The van der Waals surface area contributed by atoms with Gasteiger partial charge in [0.1, 0.15) is 11.5 Å². The Kier molecular flexibility index (Phi) is 5.87. The number of anilines is 1. The zero-order chi connectivity index (χ0) is 23.6. The van der Waals surface area contributed by atoms with Gasteiger partial charge in [-0.1, -0.05) is 48.5 Å². The van der Waals surface area contributed by atoms with Crippen LogP contribution in [0.15, 0.2) is 77.9 Å². The highest BCUT2D eigenvalue weighted by Crippen LogP contribution is 2.43. The summed E-state index contributed by atoms with van der Waals surface area (Å²) in [5.41, 5.74) is 4.67. The summed E-state index contributed by atoms with van der Waals surface area (Å²) in [6.45, 7) is 1.59. The van der Waals surface area contributed by atoms with E-state index in [0.717, 1.165) is 0 Å². The number of hydrazone groups is 1. The lowest BCUT2D eigenvalue weighted by atomic mass is 9.87. The first-order chi connectivity index (χ1) is 15.7. The van der Waals surface area contributed by atoms with Gasteiger partial charge in [-0.2, -0.15) is 18.3 Å². The van der Waals surface area contributed by atoms with Crippen molar-refractivity contribution in [2.75, 3.05) is 5.32 Å². The molecule has 3 aromatic rings. The molecule has 0 bridgehead atoms. The number of nitrogens with zero attached hydrogens (tertiary/aromatic N) is 1. The second-order valence-electron chi connectivity index (χ2n) is 7.32. The molecule has 0 aromatic heterocycles. The first-order valence-corrected chi connectivity index (χ1v) is 9.92. The van der Waals surface area contributed by atoms with Gasteiger partial charge in [-0.25, -0.2) is 5.43 Å². The van der Waals surface area contributed by atoms with Crippen molar-refractivity contribution in [1.82, 2.24) is 5.43 Å². The molecule has 0 spiro atoms. The zero-order valence-electron chi connectivity index (χ0n) is 17.3. The lowest BCUT2D eigenvalue weighted by Gasteiger charge is -2.26. The number of ether oxygens (including phenoxy) is 1. The minimum absolute atomic E-state index is 0.0389. The fraction of sp³-hybridized carbons (Fsp3) is 0.125. The summed E-state index contributed by atoms with van der Waals surface area (Å²) in [5.74, 6) is -1.96. The van der Waals surface area contributed by atoms with Crippen molar-refractivity contribution in [3.63, 3.8) is 0 Å². The van der Waals surface area contributed by atoms with Crippen LogP contribution in [0.5, 0.6) is 11.5 Å². The molecule has 9 heteroatoms. The fourth-order valence-electron chi connectivity index (χ4n) is 3.48. The topological polar surface area (TPSA) is 79.8 Å². The monoisotopic (exact) mass is 453 g/mol. The van der Waals surface area contributed by atoms with Crippen LogP contribution in [0.25, 0.3) is 0 Å². The molecule has 0 fully saturated rings. The number of para-hydroxylation sites is 2. The van der Waals surface area contributed by atoms with Gasteiger partial charge in [0, 0.05) is 16.8 Å². The van der Waals surface area contributed by atoms with Crippen molar-refractivity contribution in [2.24, 2.45) is 5.10 Å². The van der Waals surface area contributed by atoms with Crippen molar-refractivity contribution in [2.45, 2.75) is 19.0 Å². The highest BCUT2D eigenvalue weighted by atomic mass is 19.4. The molecule has 33 heavy (non-hydrogen) atoms. The van der Waals surface area contributed by atoms with E-state index in [0.29, 0.717) is 33.9 Å². The van der Waals surface area contributed by atoms with Gasteiger partial charge in [0.05, 0.1) is 11.6 Å². The molecule has 2 amide bonds. The van der Waals surface area contributed by atoms with E-state index in [1.165, 1.54) is 18.2 Å². The van der Waals surface area contributed by atoms with Crippen molar-refractivity contribution in [1.29, 1.82) is 0 Å². The summed E-state index contributed by atoms with van der Waals surface area (Å²) in [6.07, 6.45) is -5.00. The number of benzene rings is 3. The number of hydrogen-bond donors (Lipinski definition) is 2. The van der Waals surface area contributed by atoms with E-state index in [-0.39, 0.29) is 11.6 Å². The molecule has 1 aliphatic heterocycles. The number of carbonyl (C=O) groups is 2. The molecule has 0 radical (unpaired) electrons. The molecular weight excluding hydrogens is 435 g/mol. The zero-order valence-corrected chi connectivity index (χ0v) is 17.3. The first kappa shape index (κ1) is 22.1. The second kappa shape index (κ2) is 8.78. The summed E-state index contributed by atoms with van der Waals surface area (Å²) < 4.78 is 43.4. The smallest absolute Gasteiger partial charge is 0.457 e. The molecule has 1 aliphatic rings. The largest absolute Gasteiger partial charge is 0.471 e. The van der Waals surface area contributed by atoms with Gasteiger partial charge in [-0.3, -0.25) is 9.59 Å². The van der Waals surface area contributed by atoms with E-state index in [9.17, 15) is 22.8 Å². The summed E-state index contributed by atoms with van der Waals surface area (Å²) >= 11 is 0. The van der Waals surface area contributed by atoms with Gasteiger partial charge in [0.2, 0.25) is 0 Å². The summed E-state index contributed by atoms with van der Waals surface area (Å²) in [4.78, 5) is 24.3. The normalized spacial score (nSPS) is 13.4. The SMILES string of the molecule is C/C(=N/NC(=O)C1c2ccccc2Oc2ccccc21)c1cccc(NC(=O)C(F)(F)F)c1. The van der Waals surface area contributed by atoms with Gasteiger partial charge in [-0.05, 0) is 36.8 Å². The second-order valence-corrected chi connectivity index (χ2v) is 7.32. The molecule has 3 aromatic carbocycles.